The molecular formula is C15H17F2NO2. The van der Waals surface area contributed by atoms with E-state index in [9.17, 15) is 18.4 Å². The molecule has 0 radical (unpaired) electrons. The van der Waals surface area contributed by atoms with Gasteiger partial charge in [0, 0.05) is 12.6 Å². The van der Waals surface area contributed by atoms with E-state index < -0.39 is 23.3 Å². The van der Waals surface area contributed by atoms with Crippen molar-refractivity contribution in [2.24, 2.45) is 0 Å². The van der Waals surface area contributed by atoms with Crippen LogP contribution in [0.15, 0.2) is 12.1 Å². The minimum absolute atomic E-state index is 0.0723. The molecule has 3 nitrogen and oxygen atoms in total. The van der Waals surface area contributed by atoms with Crippen LogP contribution in [-0.2, 0) is 4.79 Å². The van der Waals surface area contributed by atoms with Gasteiger partial charge in [-0.2, -0.15) is 0 Å². The number of hydrogen-bond donors (Lipinski definition) is 0. The van der Waals surface area contributed by atoms with Gasteiger partial charge >= 0.3 is 0 Å². The first-order valence-electron chi connectivity index (χ1n) is 6.91. The van der Waals surface area contributed by atoms with Gasteiger partial charge in [-0.25, -0.2) is 8.78 Å². The number of carbonyl (C=O) groups excluding carboxylic acids is 2. The zero-order chi connectivity index (χ0) is 14.7. The van der Waals surface area contributed by atoms with E-state index in [4.69, 9.17) is 0 Å². The standard InChI is InChI=1S/C15H17F2NO2/c1-2-3-4-5-6-7-18-13-11(14(19)15(18)20)8-10(16)9-12(13)17/h8-9H,2-7H2,1H3. The lowest BCUT2D eigenvalue weighted by molar-refractivity contribution is -0.114. The van der Waals surface area contributed by atoms with Gasteiger partial charge in [-0.05, 0) is 12.5 Å². The summed E-state index contributed by atoms with van der Waals surface area (Å²) in [5.41, 5.74) is -0.238. The van der Waals surface area contributed by atoms with E-state index in [1.54, 1.807) is 0 Å². The first kappa shape index (κ1) is 14.6. The number of amides is 1. The molecule has 0 saturated carbocycles. The molecule has 0 unspecified atom stereocenters. The van der Waals surface area contributed by atoms with E-state index in [1.807, 2.05) is 0 Å². The highest BCUT2D eigenvalue weighted by atomic mass is 19.1. The number of Topliss-reactive ketones (excluding diaryl/α,β-unsaturated/α-hetero) is 1. The maximum atomic E-state index is 13.8. The van der Waals surface area contributed by atoms with Crippen molar-refractivity contribution in [1.29, 1.82) is 0 Å². The first-order chi connectivity index (χ1) is 9.56. The number of unbranched alkanes of at least 4 members (excludes halogenated alkanes) is 4. The summed E-state index contributed by atoms with van der Waals surface area (Å²) in [5, 5.41) is 0. The van der Waals surface area contributed by atoms with Gasteiger partial charge in [-0.1, -0.05) is 32.6 Å². The fourth-order valence-electron chi connectivity index (χ4n) is 2.44. The summed E-state index contributed by atoms with van der Waals surface area (Å²) in [4.78, 5) is 24.7. The van der Waals surface area contributed by atoms with E-state index in [0.717, 1.165) is 36.6 Å². The molecule has 0 aromatic heterocycles. The van der Waals surface area contributed by atoms with Crippen LogP contribution in [0.2, 0.25) is 0 Å². The predicted molar refractivity (Wildman–Crippen MR) is 71.8 cm³/mol. The number of anilines is 1. The zero-order valence-corrected chi connectivity index (χ0v) is 11.4. The van der Waals surface area contributed by atoms with Crippen molar-refractivity contribution in [1.82, 2.24) is 0 Å². The summed E-state index contributed by atoms with van der Waals surface area (Å²) >= 11 is 0. The van der Waals surface area contributed by atoms with E-state index in [0.29, 0.717) is 19.0 Å². The van der Waals surface area contributed by atoms with Crippen molar-refractivity contribution < 1.29 is 18.4 Å². The van der Waals surface area contributed by atoms with Gasteiger partial charge < -0.3 is 4.90 Å². The second-order valence-electron chi connectivity index (χ2n) is 4.98. The second-order valence-corrected chi connectivity index (χ2v) is 4.98. The van der Waals surface area contributed by atoms with Crippen molar-refractivity contribution in [2.75, 3.05) is 11.4 Å². The molecule has 1 aromatic carbocycles. The maximum Gasteiger partial charge on any atom is 0.299 e. The molecule has 1 aromatic rings. The first-order valence-corrected chi connectivity index (χ1v) is 6.91. The van der Waals surface area contributed by atoms with Crippen LogP contribution < -0.4 is 4.90 Å². The summed E-state index contributed by atoms with van der Waals surface area (Å²) in [6.45, 7) is 2.40. The highest BCUT2D eigenvalue weighted by molar-refractivity contribution is 6.52. The lowest BCUT2D eigenvalue weighted by Gasteiger charge is -2.16. The van der Waals surface area contributed by atoms with Gasteiger partial charge in [0.15, 0.2) is 5.82 Å². The van der Waals surface area contributed by atoms with Crippen LogP contribution in [0.25, 0.3) is 0 Å². The Hall–Kier alpha value is -1.78. The molecule has 108 valence electrons. The Morgan fingerprint density at radius 3 is 2.45 bits per heavy atom. The van der Waals surface area contributed by atoms with E-state index >= 15 is 0 Å². The Morgan fingerprint density at radius 1 is 1.05 bits per heavy atom. The lowest BCUT2D eigenvalue weighted by atomic mass is 10.1. The van der Waals surface area contributed by atoms with Crippen molar-refractivity contribution in [3.8, 4) is 0 Å². The highest BCUT2D eigenvalue weighted by Crippen LogP contribution is 2.32. The lowest BCUT2D eigenvalue weighted by Crippen LogP contribution is -2.31. The van der Waals surface area contributed by atoms with Crippen LogP contribution in [0, 0.1) is 11.6 Å². The van der Waals surface area contributed by atoms with Crippen LogP contribution in [0.4, 0.5) is 14.5 Å². The van der Waals surface area contributed by atoms with E-state index in [2.05, 4.69) is 6.92 Å². The minimum atomic E-state index is -0.854. The number of halogens is 2. The number of benzene rings is 1. The highest BCUT2D eigenvalue weighted by Gasteiger charge is 2.38. The average molecular weight is 281 g/mol. The van der Waals surface area contributed by atoms with Crippen LogP contribution in [-0.4, -0.2) is 18.2 Å². The SMILES string of the molecule is CCCCCCCN1C(=O)C(=O)c2cc(F)cc(F)c21. The topological polar surface area (TPSA) is 37.4 Å². The molecule has 0 fully saturated rings. The second kappa shape index (κ2) is 6.11. The van der Waals surface area contributed by atoms with E-state index in [-0.39, 0.29) is 11.3 Å². The summed E-state index contributed by atoms with van der Waals surface area (Å²) < 4.78 is 26.9. The molecule has 2 rings (SSSR count). The number of hydrogen-bond acceptors (Lipinski definition) is 2. The summed E-state index contributed by atoms with van der Waals surface area (Å²) in [6.07, 6.45) is 4.89. The van der Waals surface area contributed by atoms with Gasteiger partial charge in [-0.15, -0.1) is 0 Å². The van der Waals surface area contributed by atoms with Crippen molar-refractivity contribution in [3.63, 3.8) is 0 Å². The van der Waals surface area contributed by atoms with Gasteiger partial charge in [0.1, 0.15) is 5.82 Å². The number of nitrogens with zero attached hydrogens (tertiary/aromatic N) is 1. The predicted octanol–water partition coefficient (Wildman–Crippen LogP) is 3.46. The largest absolute Gasteiger partial charge is 0.302 e. The van der Waals surface area contributed by atoms with Crippen LogP contribution >= 0.6 is 0 Å². The number of ketones is 1. The Bertz CT molecular complexity index is 543. The normalized spacial score (nSPS) is 14.1. The quantitative estimate of drug-likeness (QED) is 0.591. The molecule has 0 aliphatic carbocycles. The molecular weight excluding hydrogens is 264 g/mol. The Morgan fingerprint density at radius 2 is 1.75 bits per heavy atom. The smallest absolute Gasteiger partial charge is 0.299 e. The van der Waals surface area contributed by atoms with Crippen molar-refractivity contribution >= 4 is 17.4 Å². The molecule has 5 heteroatoms. The molecule has 0 bridgehead atoms. The van der Waals surface area contributed by atoms with Gasteiger partial charge in [-0.3, -0.25) is 9.59 Å². The molecule has 0 N–H and O–H groups in total. The van der Waals surface area contributed by atoms with Crippen molar-refractivity contribution in [3.05, 3.63) is 29.3 Å². The zero-order valence-electron chi connectivity index (χ0n) is 11.4. The summed E-state index contributed by atoms with van der Waals surface area (Å²) in [7, 11) is 0. The number of rotatable bonds is 6. The molecule has 1 aliphatic heterocycles. The number of fused-ring (bicyclic) bond motifs is 1. The summed E-state index contributed by atoms with van der Waals surface area (Å²) in [5.74, 6) is -3.29. The van der Waals surface area contributed by atoms with Crippen LogP contribution in [0.3, 0.4) is 0 Å². The molecule has 1 aliphatic rings. The van der Waals surface area contributed by atoms with Crippen molar-refractivity contribution in [2.45, 2.75) is 39.0 Å². The molecule has 0 spiro atoms. The molecule has 0 atom stereocenters. The Balaban J connectivity index is 2.12. The average Bonchev–Trinajstić information content (AvgIpc) is 2.64. The fraction of sp³-hybridized carbons (Fsp3) is 0.467. The third kappa shape index (κ3) is 2.71. The fourth-order valence-corrected chi connectivity index (χ4v) is 2.44. The Labute approximate surface area is 116 Å². The van der Waals surface area contributed by atoms with Gasteiger partial charge in [0.2, 0.25) is 0 Å². The number of carbonyl (C=O) groups is 2. The third-order valence-corrected chi connectivity index (χ3v) is 3.47. The Kier molecular flexibility index (Phi) is 4.47. The van der Waals surface area contributed by atoms with Gasteiger partial charge in [0.25, 0.3) is 11.7 Å². The monoisotopic (exact) mass is 281 g/mol. The molecule has 20 heavy (non-hydrogen) atoms. The minimum Gasteiger partial charge on any atom is -0.302 e. The molecule has 1 heterocycles. The van der Waals surface area contributed by atoms with E-state index in [1.165, 1.54) is 0 Å². The maximum absolute atomic E-state index is 13.8. The summed E-state index contributed by atoms with van der Waals surface area (Å²) in [6, 6.07) is 1.63. The molecule has 1 amide bonds. The van der Waals surface area contributed by atoms with Gasteiger partial charge in [0.05, 0.1) is 11.3 Å². The third-order valence-electron chi connectivity index (χ3n) is 3.47. The van der Waals surface area contributed by atoms with Crippen LogP contribution in [0.1, 0.15) is 49.4 Å². The molecule has 0 saturated heterocycles. The van der Waals surface area contributed by atoms with Crippen LogP contribution in [0.5, 0.6) is 0 Å².